The summed E-state index contributed by atoms with van der Waals surface area (Å²) in [5, 5.41) is 5.42. The molecule has 3 nitrogen and oxygen atoms in total. The molecule has 6 heteroatoms. The van der Waals surface area contributed by atoms with Gasteiger partial charge in [-0.25, -0.2) is 14.0 Å². The SMILES string of the molecule is CC=CC(=CC)CSC1=NP(c2ccccc2)(c2ccccc2)=NP(c2ccccc2)(c2ccccc2)=N1. The number of nitrogens with zero attached hydrogens (tertiary/aromatic N) is 3. The molecule has 0 fully saturated rings. The molecule has 190 valence electrons. The Balaban J connectivity index is 1.88. The fourth-order valence-corrected chi connectivity index (χ4v) is 13.7. The van der Waals surface area contributed by atoms with Crippen molar-refractivity contribution in [2.24, 2.45) is 14.0 Å². The van der Waals surface area contributed by atoms with Gasteiger partial charge >= 0.3 is 0 Å². The van der Waals surface area contributed by atoms with Gasteiger partial charge in [-0.3, -0.25) is 0 Å². The molecule has 4 aromatic rings. The van der Waals surface area contributed by atoms with E-state index in [1.165, 1.54) is 5.57 Å². The minimum absolute atomic E-state index is 0.802. The average molecular weight is 552 g/mol. The summed E-state index contributed by atoms with van der Waals surface area (Å²) in [6.45, 7) is 4.14. The van der Waals surface area contributed by atoms with E-state index in [4.69, 9.17) is 14.0 Å². The van der Waals surface area contributed by atoms with Gasteiger partial charge in [-0.2, -0.15) is 0 Å². The predicted octanol–water partition coefficient (Wildman–Crippen LogP) is 8.15. The summed E-state index contributed by atoms with van der Waals surface area (Å²) in [6.07, 6.45) is 6.41. The number of benzene rings is 4. The van der Waals surface area contributed by atoms with Crippen LogP contribution in [0.2, 0.25) is 0 Å². The summed E-state index contributed by atoms with van der Waals surface area (Å²) < 4.78 is 16.9. The average Bonchev–Trinajstić information content (AvgIpc) is 3.00. The van der Waals surface area contributed by atoms with Crippen LogP contribution in [0.1, 0.15) is 13.8 Å². The number of allylic oxidation sites excluding steroid dienone is 3. The van der Waals surface area contributed by atoms with Crippen LogP contribution in [0.25, 0.3) is 0 Å². The van der Waals surface area contributed by atoms with Gasteiger partial charge in [-0.05, 0) is 19.4 Å². The van der Waals surface area contributed by atoms with E-state index in [0.29, 0.717) is 0 Å². The van der Waals surface area contributed by atoms with E-state index >= 15 is 0 Å². The maximum absolute atomic E-state index is 5.89. The Bertz CT molecular complexity index is 1410. The molecule has 0 radical (unpaired) electrons. The first-order valence-electron chi connectivity index (χ1n) is 12.7. The summed E-state index contributed by atoms with van der Waals surface area (Å²) in [5.74, 6) is 0.802. The van der Waals surface area contributed by atoms with Gasteiger partial charge < -0.3 is 0 Å². The molecule has 0 saturated carbocycles. The standard InChI is InChI=1S/C32H31N3P2S/c1-3-17-27(4-2)26-38-32-33-36(28-18-9-5-10-19-28,29-20-11-6-12-21-29)35-37(34-32,30-22-13-7-14-23-30)31-24-15-8-16-25-31/h3-25H,26H2,1-2H3. The number of rotatable bonds is 7. The van der Waals surface area contributed by atoms with E-state index in [1.807, 2.05) is 0 Å². The lowest BCUT2D eigenvalue weighted by molar-refractivity contribution is 1.48. The predicted molar refractivity (Wildman–Crippen MR) is 171 cm³/mol. The molecule has 0 unspecified atom stereocenters. The Morgan fingerprint density at radius 3 is 1.45 bits per heavy atom. The van der Waals surface area contributed by atoms with Gasteiger partial charge in [0.05, 0.1) is 0 Å². The Kier molecular flexibility index (Phi) is 8.45. The molecule has 0 aromatic heterocycles. The van der Waals surface area contributed by atoms with Crippen molar-refractivity contribution in [3.63, 3.8) is 0 Å². The van der Waals surface area contributed by atoms with E-state index in [1.54, 1.807) is 11.8 Å². The Hall–Kier alpha value is -3.16. The van der Waals surface area contributed by atoms with Crippen molar-refractivity contribution in [2.75, 3.05) is 5.75 Å². The molecule has 5 rings (SSSR count). The summed E-state index contributed by atoms with van der Waals surface area (Å²) in [4.78, 5) is 0. The molecule has 0 spiro atoms. The number of hydrogen-bond acceptors (Lipinski definition) is 4. The first-order valence-corrected chi connectivity index (χ1v) is 17.1. The first-order chi connectivity index (χ1) is 18.7. The van der Waals surface area contributed by atoms with Crippen LogP contribution < -0.4 is 21.2 Å². The van der Waals surface area contributed by atoms with Crippen LogP contribution in [0.5, 0.6) is 0 Å². The molecule has 4 aromatic carbocycles. The van der Waals surface area contributed by atoms with Gasteiger partial charge in [0.25, 0.3) is 0 Å². The van der Waals surface area contributed by atoms with E-state index in [0.717, 1.165) is 32.1 Å². The van der Waals surface area contributed by atoms with Gasteiger partial charge in [-0.1, -0.05) is 151 Å². The maximum Gasteiger partial charge on any atom is 0.189 e. The van der Waals surface area contributed by atoms with Crippen molar-refractivity contribution in [1.82, 2.24) is 0 Å². The highest BCUT2D eigenvalue weighted by Crippen LogP contribution is 2.65. The quantitative estimate of drug-likeness (QED) is 0.169. The van der Waals surface area contributed by atoms with Crippen molar-refractivity contribution in [3.05, 3.63) is 145 Å². The van der Waals surface area contributed by atoms with Crippen LogP contribution in [0.15, 0.2) is 159 Å². The van der Waals surface area contributed by atoms with Crippen molar-refractivity contribution in [3.8, 4) is 0 Å². The minimum Gasteiger partial charge on any atom is -0.223 e. The zero-order valence-corrected chi connectivity index (χ0v) is 24.2. The van der Waals surface area contributed by atoms with Gasteiger partial charge in [0.1, 0.15) is 14.4 Å². The van der Waals surface area contributed by atoms with Gasteiger partial charge in [0, 0.05) is 27.0 Å². The largest absolute Gasteiger partial charge is 0.223 e. The molecule has 0 atom stereocenters. The zero-order chi connectivity index (χ0) is 26.3. The fraction of sp³-hybridized carbons (Fsp3) is 0.0938. The molecule has 0 saturated heterocycles. The van der Waals surface area contributed by atoms with E-state index < -0.39 is 14.4 Å². The van der Waals surface area contributed by atoms with Crippen LogP contribution in [-0.4, -0.2) is 10.9 Å². The van der Waals surface area contributed by atoms with E-state index in [-0.39, 0.29) is 0 Å². The van der Waals surface area contributed by atoms with Gasteiger partial charge in [0.2, 0.25) is 0 Å². The summed E-state index contributed by atoms with van der Waals surface area (Å²) in [5.41, 5.74) is 1.25. The van der Waals surface area contributed by atoms with Gasteiger partial charge in [0.15, 0.2) is 5.17 Å². The smallest absolute Gasteiger partial charge is 0.189 e. The van der Waals surface area contributed by atoms with E-state index in [2.05, 4.69) is 153 Å². The van der Waals surface area contributed by atoms with Crippen molar-refractivity contribution < 1.29 is 0 Å². The molecular formula is C32H31N3P2S. The second kappa shape index (κ2) is 12.1. The molecular weight excluding hydrogens is 520 g/mol. The van der Waals surface area contributed by atoms with Gasteiger partial charge in [-0.15, -0.1) is 0 Å². The lowest BCUT2D eigenvalue weighted by Gasteiger charge is -2.32. The number of amidine groups is 1. The summed E-state index contributed by atoms with van der Waals surface area (Å²) in [6, 6.07) is 42.5. The highest BCUT2D eigenvalue weighted by Gasteiger charge is 2.36. The fourth-order valence-electron chi connectivity index (χ4n) is 4.42. The third-order valence-corrected chi connectivity index (χ3v) is 14.6. The van der Waals surface area contributed by atoms with E-state index in [9.17, 15) is 0 Å². The topological polar surface area (TPSA) is 37.1 Å². The molecule has 1 aliphatic rings. The van der Waals surface area contributed by atoms with Crippen LogP contribution in [0.3, 0.4) is 0 Å². The molecule has 0 aliphatic carbocycles. The third kappa shape index (κ3) is 5.36. The van der Waals surface area contributed by atoms with Crippen LogP contribution in [-0.2, 0) is 0 Å². The van der Waals surface area contributed by atoms with Crippen molar-refractivity contribution in [1.29, 1.82) is 0 Å². The second-order valence-corrected chi connectivity index (χ2v) is 15.3. The highest BCUT2D eigenvalue weighted by atomic mass is 32.2. The maximum atomic E-state index is 5.89. The minimum atomic E-state index is -2.58. The first kappa shape index (κ1) is 26.4. The Morgan fingerprint density at radius 2 is 1.05 bits per heavy atom. The Morgan fingerprint density at radius 1 is 0.632 bits per heavy atom. The lowest BCUT2D eigenvalue weighted by Crippen LogP contribution is -2.22. The normalized spacial score (nSPS) is 16.4. The molecule has 38 heavy (non-hydrogen) atoms. The zero-order valence-electron chi connectivity index (χ0n) is 21.6. The molecule has 0 amide bonds. The third-order valence-electron chi connectivity index (χ3n) is 6.30. The molecule has 1 aliphatic heterocycles. The molecule has 0 N–H and O–H groups in total. The van der Waals surface area contributed by atoms with Crippen LogP contribution >= 0.6 is 26.2 Å². The molecule has 0 bridgehead atoms. The monoisotopic (exact) mass is 551 g/mol. The Labute approximate surface area is 230 Å². The number of thioether (sulfide) groups is 1. The van der Waals surface area contributed by atoms with Crippen LogP contribution in [0, 0.1) is 0 Å². The summed E-state index contributed by atoms with van der Waals surface area (Å²) in [7, 11) is -5.15. The molecule has 1 heterocycles. The highest BCUT2D eigenvalue weighted by molar-refractivity contribution is 8.15. The second-order valence-electron chi connectivity index (χ2n) is 8.77. The van der Waals surface area contributed by atoms with Crippen LogP contribution in [0.4, 0.5) is 0 Å². The number of hydrogen-bond donors (Lipinski definition) is 0. The van der Waals surface area contributed by atoms with Crippen molar-refractivity contribution >= 4 is 52.6 Å². The van der Waals surface area contributed by atoms with Crippen molar-refractivity contribution in [2.45, 2.75) is 13.8 Å². The summed E-state index contributed by atoms with van der Waals surface area (Å²) >= 11 is 1.71. The lowest BCUT2D eigenvalue weighted by atomic mass is 10.3.